The van der Waals surface area contributed by atoms with Crippen molar-refractivity contribution in [1.82, 2.24) is 4.90 Å². The summed E-state index contributed by atoms with van der Waals surface area (Å²) < 4.78 is 28.2. The molecule has 1 saturated heterocycles. The van der Waals surface area contributed by atoms with E-state index < -0.39 is 0 Å². The molecule has 38 heavy (non-hydrogen) atoms. The zero-order chi connectivity index (χ0) is 26.4. The molecule has 1 saturated carbocycles. The number of benzene rings is 2. The van der Waals surface area contributed by atoms with Gasteiger partial charge in [0.25, 0.3) is 0 Å². The number of phenols is 1. The van der Waals surface area contributed by atoms with Crippen LogP contribution in [0, 0.1) is 11.8 Å². The van der Waals surface area contributed by atoms with Crippen LogP contribution in [0.4, 0.5) is 0 Å². The van der Waals surface area contributed by atoms with E-state index in [-0.39, 0.29) is 42.2 Å². The summed E-state index contributed by atoms with van der Waals surface area (Å²) in [4.78, 5) is 15.9. The Balaban J connectivity index is 1.43. The van der Waals surface area contributed by atoms with Crippen molar-refractivity contribution in [2.45, 2.75) is 56.4 Å². The van der Waals surface area contributed by atoms with Crippen LogP contribution in [0.5, 0.6) is 28.7 Å². The molecule has 204 valence electrons. The highest BCUT2D eigenvalue weighted by molar-refractivity contribution is 5.79. The number of methoxy groups -OCH3 is 2. The average molecular weight is 524 g/mol. The monoisotopic (exact) mass is 523 g/mol. The van der Waals surface area contributed by atoms with Gasteiger partial charge in [0.1, 0.15) is 0 Å². The fraction of sp³-hybridized carbons (Fsp3) is 0.567. The second-order valence-electron chi connectivity index (χ2n) is 11.1. The summed E-state index contributed by atoms with van der Waals surface area (Å²) >= 11 is 0. The van der Waals surface area contributed by atoms with Gasteiger partial charge >= 0.3 is 5.97 Å². The van der Waals surface area contributed by atoms with E-state index in [4.69, 9.17) is 23.7 Å². The summed E-state index contributed by atoms with van der Waals surface area (Å²) in [5.41, 5.74) is 3.06. The summed E-state index contributed by atoms with van der Waals surface area (Å²) in [6.07, 6.45) is 7.41. The lowest BCUT2D eigenvalue weighted by molar-refractivity contribution is -0.141. The van der Waals surface area contributed by atoms with E-state index in [2.05, 4.69) is 18.0 Å². The molecule has 0 radical (unpaired) electrons. The summed E-state index contributed by atoms with van der Waals surface area (Å²) in [5, 5.41) is 10.6. The van der Waals surface area contributed by atoms with Crippen LogP contribution in [0.2, 0.25) is 0 Å². The third kappa shape index (κ3) is 4.23. The zero-order valence-corrected chi connectivity index (χ0v) is 22.4. The lowest BCUT2D eigenvalue weighted by Gasteiger charge is -2.40. The topological polar surface area (TPSA) is 86.7 Å². The Bertz CT molecular complexity index is 1180. The Labute approximate surface area is 223 Å². The summed E-state index contributed by atoms with van der Waals surface area (Å²) in [6.45, 7) is 1.55. The first kappa shape index (κ1) is 25.2. The molecule has 4 aliphatic rings. The van der Waals surface area contributed by atoms with Crippen molar-refractivity contribution >= 4 is 5.97 Å². The molecule has 2 aliphatic heterocycles. The number of ether oxygens (including phenoxy) is 5. The maximum atomic E-state index is 13.3. The Morgan fingerprint density at radius 1 is 0.947 bits per heavy atom. The number of nitrogens with zero attached hydrogens (tertiary/aromatic N) is 1. The normalized spacial score (nSPS) is 26.2. The van der Waals surface area contributed by atoms with E-state index in [1.807, 2.05) is 6.07 Å². The number of phenolic OH excluding ortho intramolecular Hbond substituents is 1. The molecule has 0 amide bonds. The molecule has 4 atom stereocenters. The predicted molar refractivity (Wildman–Crippen MR) is 140 cm³/mol. The van der Waals surface area contributed by atoms with E-state index in [0.717, 1.165) is 29.8 Å². The van der Waals surface area contributed by atoms with E-state index >= 15 is 0 Å². The van der Waals surface area contributed by atoms with Crippen molar-refractivity contribution < 1.29 is 33.6 Å². The summed E-state index contributed by atoms with van der Waals surface area (Å²) in [5.74, 6) is 1.34. The van der Waals surface area contributed by atoms with E-state index in [9.17, 15) is 9.90 Å². The first-order valence-electron chi connectivity index (χ1n) is 13.7. The number of aromatic hydroxyl groups is 1. The zero-order valence-electron chi connectivity index (χ0n) is 22.4. The minimum Gasteiger partial charge on any atom is -0.502 e. The maximum Gasteiger partial charge on any atom is 0.310 e. The number of hydrogen-bond donors (Lipinski definition) is 1. The third-order valence-electron chi connectivity index (χ3n) is 9.19. The first-order valence-corrected chi connectivity index (χ1v) is 13.7. The van der Waals surface area contributed by atoms with Crippen LogP contribution in [-0.4, -0.2) is 63.2 Å². The molecular formula is C30H37NO7. The molecule has 2 aromatic rings. The van der Waals surface area contributed by atoms with Gasteiger partial charge in [0.2, 0.25) is 12.5 Å². The van der Waals surface area contributed by atoms with Gasteiger partial charge in [-0.3, -0.25) is 4.79 Å². The molecule has 1 N–H and O–H groups in total. The van der Waals surface area contributed by atoms with Gasteiger partial charge in [-0.05, 0) is 79.7 Å². The highest BCUT2D eigenvalue weighted by atomic mass is 16.7. The lowest BCUT2D eigenvalue weighted by Crippen LogP contribution is -2.38. The molecule has 0 unspecified atom stereocenters. The third-order valence-corrected chi connectivity index (χ3v) is 9.19. The SMILES string of the molecule is COc1cc([C@@H]2c3cc4c(cc3[C@@H](CCN(C)C3CCCCC3)[C@H]3COC(=O)[C@H]23)OCO4)cc(OC)c1O. The van der Waals surface area contributed by atoms with Crippen molar-refractivity contribution in [3.8, 4) is 28.7 Å². The van der Waals surface area contributed by atoms with E-state index in [1.54, 1.807) is 12.1 Å². The number of esters is 1. The van der Waals surface area contributed by atoms with Crippen LogP contribution < -0.4 is 18.9 Å². The summed E-state index contributed by atoms with van der Waals surface area (Å²) in [6, 6.07) is 8.39. The number of carbonyl (C=O) groups is 1. The van der Waals surface area contributed by atoms with Crippen LogP contribution in [-0.2, 0) is 9.53 Å². The molecule has 2 aliphatic carbocycles. The van der Waals surface area contributed by atoms with Crippen molar-refractivity contribution in [2.24, 2.45) is 11.8 Å². The van der Waals surface area contributed by atoms with Gasteiger partial charge in [0.05, 0.1) is 26.7 Å². The van der Waals surface area contributed by atoms with Gasteiger partial charge < -0.3 is 33.7 Å². The molecule has 2 heterocycles. The van der Waals surface area contributed by atoms with Crippen LogP contribution in [0.25, 0.3) is 0 Å². The molecule has 2 aromatic carbocycles. The van der Waals surface area contributed by atoms with Gasteiger partial charge in [-0.25, -0.2) is 0 Å². The molecule has 0 aromatic heterocycles. The molecule has 8 heteroatoms. The fourth-order valence-electron chi connectivity index (χ4n) is 7.19. The molecule has 6 rings (SSSR count). The second-order valence-corrected chi connectivity index (χ2v) is 11.1. The molecule has 0 bridgehead atoms. The van der Waals surface area contributed by atoms with Gasteiger partial charge in [0, 0.05) is 17.9 Å². The molecule has 2 fully saturated rings. The van der Waals surface area contributed by atoms with Gasteiger partial charge in [-0.2, -0.15) is 0 Å². The largest absolute Gasteiger partial charge is 0.502 e. The van der Waals surface area contributed by atoms with E-state index in [1.165, 1.54) is 51.9 Å². The molecule has 0 spiro atoms. The quantitative estimate of drug-likeness (QED) is 0.518. The van der Waals surface area contributed by atoms with Crippen molar-refractivity contribution in [3.05, 3.63) is 41.0 Å². The van der Waals surface area contributed by atoms with Crippen molar-refractivity contribution in [2.75, 3.05) is 41.2 Å². The van der Waals surface area contributed by atoms with Crippen molar-refractivity contribution in [3.63, 3.8) is 0 Å². The Hall–Kier alpha value is -3.13. The fourth-order valence-corrected chi connectivity index (χ4v) is 7.19. The van der Waals surface area contributed by atoms with Crippen LogP contribution in [0.1, 0.15) is 67.1 Å². The Kier molecular flexibility index (Phi) is 6.76. The molecular weight excluding hydrogens is 486 g/mol. The lowest BCUT2D eigenvalue weighted by atomic mass is 9.62. The molecule has 8 nitrogen and oxygen atoms in total. The smallest absolute Gasteiger partial charge is 0.310 e. The number of hydrogen-bond acceptors (Lipinski definition) is 8. The highest BCUT2D eigenvalue weighted by Gasteiger charge is 2.52. The predicted octanol–water partition coefficient (Wildman–Crippen LogP) is 4.81. The van der Waals surface area contributed by atoms with Gasteiger partial charge in [0.15, 0.2) is 23.0 Å². The minimum absolute atomic E-state index is 0.0333. The number of fused-ring (bicyclic) bond motifs is 3. The average Bonchev–Trinajstić information content (AvgIpc) is 3.56. The minimum atomic E-state index is -0.355. The van der Waals surface area contributed by atoms with Gasteiger partial charge in [-0.15, -0.1) is 0 Å². The number of cyclic esters (lactones) is 1. The second kappa shape index (κ2) is 10.2. The van der Waals surface area contributed by atoms with Crippen molar-refractivity contribution in [1.29, 1.82) is 0 Å². The van der Waals surface area contributed by atoms with E-state index in [0.29, 0.717) is 29.9 Å². The number of rotatable bonds is 7. The van der Waals surface area contributed by atoms with Gasteiger partial charge in [-0.1, -0.05) is 19.3 Å². The highest BCUT2D eigenvalue weighted by Crippen LogP contribution is 2.57. The first-order chi connectivity index (χ1) is 18.5. The van der Waals surface area contributed by atoms with Crippen LogP contribution in [0.3, 0.4) is 0 Å². The summed E-state index contributed by atoms with van der Waals surface area (Å²) in [7, 11) is 5.26. The standard InChI is InChI=1S/C30H37NO7/c1-31(18-7-5-4-6-8-18)10-9-19-20-13-23-24(38-16-37-23)14-21(20)27(28-22(19)15-36-30(28)33)17-11-25(34-2)29(32)26(12-17)35-3/h11-14,18-19,22,27-28,32H,4-10,15-16H2,1-3H3/t19-,22-,27-,28+/m1/s1. The van der Waals surface area contributed by atoms with Crippen LogP contribution in [0.15, 0.2) is 24.3 Å². The maximum absolute atomic E-state index is 13.3. The number of carbonyl (C=O) groups excluding carboxylic acids is 1. The Morgan fingerprint density at radius 2 is 1.61 bits per heavy atom. The van der Waals surface area contributed by atoms with Crippen LogP contribution >= 0.6 is 0 Å². The Morgan fingerprint density at radius 3 is 2.26 bits per heavy atom.